The maximum atomic E-state index is 13.2. The van der Waals surface area contributed by atoms with Crippen LogP contribution in [0.2, 0.25) is 0 Å². The highest BCUT2D eigenvalue weighted by atomic mass is 32.2. The molecular weight excluding hydrogens is 372 g/mol. The number of carbonyl (C=O) groups is 1. The molecule has 28 heavy (non-hydrogen) atoms. The molecule has 0 spiro atoms. The van der Waals surface area contributed by atoms with Crippen LogP contribution in [0.15, 0.2) is 23.1 Å². The topological polar surface area (TPSA) is 57.7 Å². The number of amides is 1. The molecule has 1 heterocycles. The number of carbonyl (C=O) groups excluding carboxylic acids is 1. The van der Waals surface area contributed by atoms with Gasteiger partial charge in [-0.1, -0.05) is 32.3 Å². The van der Waals surface area contributed by atoms with Crippen molar-refractivity contribution in [2.24, 2.45) is 5.92 Å². The predicted molar refractivity (Wildman–Crippen MR) is 112 cm³/mol. The van der Waals surface area contributed by atoms with E-state index in [9.17, 15) is 13.2 Å². The summed E-state index contributed by atoms with van der Waals surface area (Å²) in [6.45, 7) is 6.61. The van der Waals surface area contributed by atoms with Gasteiger partial charge in [-0.25, -0.2) is 8.42 Å². The molecule has 1 saturated carbocycles. The van der Waals surface area contributed by atoms with Crippen LogP contribution < -0.4 is 0 Å². The Bertz CT molecular complexity index is 821. The molecule has 0 radical (unpaired) electrons. The molecule has 1 aromatic rings. The summed E-state index contributed by atoms with van der Waals surface area (Å²) in [4.78, 5) is 15.3. The van der Waals surface area contributed by atoms with Gasteiger partial charge in [0, 0.05) is 31.2 Å². The van der Waals surface area contributed by atoms with E-state index in [-0.39, 0.29) is 22.9 Å². The van der Waals surface area contributed by atoms with Crippen LogP contribution in [0.4, 0.5) is 0 Å². The average molecular weight is 407 g/mol. The lowest BCUT2D eigenvalue weighted by atomic mass is 9.85. The number of hydrogen-bond donors (Lipinski definition) is 0. The highest BCUT2D eigenvalue weighted by Gasteiger charge is 2.33. The van der Waals surface area contributed by atoms with Crippen molar-refractivity contribution in [1.82, 2.24) is 9.21 Å². The van der Waals surface area contributed by atoms with E-state index in [0.717, 1.165) is 44.1 Å². The Hall–Kier alpha value is -1.40. The molecule has 1 amide bonds. The zero-order valence-electron chi connectivity index (χ0n) is 17.6. The van der Waals surface area contributed by atoms with Gasteiger partial charge in [-0.2, -0.15) is 4.31 Å². The van der Waals surface area contributed by atoms with E-state index < -0.39 is 10.0 Å². The lowest BCUT2D eigenvalue weighted by Gasteiger charge is -2.36. The Balaban J connectivity index is 1.89. The van der Waals surface area contributed by atoms with Crippen molar-refractivity contribution in [3.05, 3.63) is 29.3 Å². The number of piperidine rings is 1. The van der Waals surface area contributed by atoms with Crippen molar-refractivity contribution in [1.29, 1.82) is 0 Å². The second-order valence-corrected chi connectivity index (χ2v) is 10.6. The molecule has 156 valence electrons. The summed E-state index contributed by atoms with van der Waals surface area (Å²) in [5.41, 5.74) is 1.33. The molecule has 3 atom stereocenters. The van der Waals surface area contributed by atoms with E-state index in [4.69, 9.17) is 0 Å². The first-order valence-electron chi connectivity index (χ1n) is 10.6. The standard InChI is InChI=1S/C22H34N2O3S/c1-16-12-13-19(28(26,27)24-14-8-7-10-18(24)3)15-20(16)22(25)23(4)21-11-6-5-9-17(21)2/h12-13,15,17-18,21H,5-11,14H2,1-4H3. The molecule has 2 fully saturated rings. The summed E-state index contributed by atoms with van der Waals surface area (Å²) in [6, 6.07) is 5.24. The first-order valence-corrected chi connectivity index (χ1v) is 12.1. The van der Waals surface area contributed by atoms with Gasteiger partial charge in [0.05, 0.1) is 4.90 Å². The summed E-state index contributed by atoms with van der Waals surface area (Å²) in [6.07, 6.45) is 7.37. The molecular formula is C22H34N2O3S. The summed E-state index contributed by atoms with van der Waals surface area (Å²) in [5.74, 6) is 0.407. The zero-order chi connectivity index (χ0) is 20.5. The van der Waals surface area contributed by atoms with Crippen LogP contribution in [-0.2, 0) is 10.0 Å². The number of nitrogens with zero attached hydrogens (tertiary/aromatic N) is 2. The van der Waals surface area contributed by atoms with Gasteiger partial charge in [0.2, 0.25) is 10.0 Å². The lowest BCUT2D eigenvalue weighted by Crippen LogP contribution is -2.43. The summed E-state index contributed by atoms with van der Waals surface area (Å²) in [7, 11) is -1.72. The van der Waals surface area contributed by atoms with Crippen LogP contribution in [0.25, 0.3) is 0 Å². The van der Waals surface area contributed by atoms with Crippen LogP contribution in [0.3, 0.4) is 0 Å². The molecule has 1 aliphatic carbocycles. The number of sulfonamides is 1. The van der Waals surface area contributed by atoms with Crippen LogP contribution in [0.1, 0.15) is 74.7 Å². The molecule has 6 heteroatoms. The van der Waals surface area contributed by atoms with Gasteiger partial charge in [-0.15, -0.1) is 0 Å². The fourth-order valence-corrected chi connectivity index (χ4v) is 6.50. The first-order chi connectivity index (χ1) is 13.2. The Morgan fingerprint density at radius 1 is 1.07 bits per heavy atom. The second kappa shape index (κ2) is 8.54. The van der Waals surface area contributed by atoms with Gasteiger partial charge < -0.3 is 4.90 Å². The van der Waals surface area contributed by atoms with E-state index in [1.807, 2.05) is 25.8 Å². The van der Waals surface area contributed by atoms with Crippen molar-refractivity contribution < 1.29 is 13.2 Å². The molecule has 0 bridgehead atoms. The first kappa shape index (κ1) is 21.3. The molecule has 3 rings (SSSR count). The second-order valence-electron chi connectivity index (χ2n) is 8.68. The number of aryl methyl sites for hydroxylation is 1. The average Bonchev–Trinajstić information content (AvgIpc) is 2.67. The largest absolute Gasteiger partial charge is 0.338 e. The van der Waals surface area contributed by atoms with Gasteiger partial charge in [0.25, 0.3) is 5.91 Å². The normalized spacial score (nSPS) is 26.8. The van der Waals surface area contributed by atoms with Crippen LogP contribution >= 0.6 is 0 Å². The smallest absolute Gasteiger partial charge is 0.254 e. The van der Waals surface area contributed by atoms with Gasteiger partial charge in [-0.3, -0.25) is 4.79 Å². The maximum absolute atomic E-state index is 13.2. The number of rotatable bonds is 4. The van der Waals surface area contributed by atoms with E-state index in [2.05, 4.69) is 6.92 Å². The highest BCUT2D eigenvalue weighted by Crippen LogP contribution is 2.30. The van der Waals surface area contributed by atoms with Crippen molar-refractivity contribution >= 4 is 15.9 Å². The number of hydrogen-bond acceptors (Lipinski definition) is 3. The molecule has 3 unspecified atom stereocenters. The van der Waals surface area contributed by atoms with Crippen LogP contribution in [-0.4, -0.2) is 49.2 Å². The van der Waals surface area contributed by atoms with E-state index in [0.29, 0.717) is 18.0 Å². The molecule has 0 aromatic heterocycles. The zero-order valence-corrected chi connectivity index (χ0v) is 18.5. The third-order valence-corrected chi connectivity index (χ3v) is 8.68. The van der Waals surface area contributed by atoms with Crippen LogP contribution in [0.5, 0.6) is 0 Å². The predicted octanol–water partition coefficient (Wildman–Crippen LogP) is 4.21. The quantitative estimate of drug-likeness (QED) is 0.753. The molecule has 0 N–H and O–H groups in total. The van der Waals surface area contributed by atoms with E-state index >= 15 is 0 Å². The summed E-state index contributed by atoms with van der Waals surface area (Å²) >= 11 is 0. The fraction of sp³-hybridized carbons (Fsp3) is 0.682. The van der Waals surface area contributed by atoms with Gasteiger partial charge in [0.1, 0.15) is 0 Å². The minimum absolute atomic E-state index is 0.00460. The van der Waals surface area contributed by atoms with Crippen molar-refractivity contribution in [2.45, 2.75) is 82.7 Å². The molecule has 2 aliphatic rings. The lowest BCUT2D eigenvalue weighted by molar-refractivity contribution is 0.0628. The Labute approximate surface area is 170 Å². The van der Waals surface area contributed by atoms with Gasteiger partial charge in [0.15, 0.2) is 0 Å². The Morgan fingerprint density at radius 3 is 2.43 bits per heavy atom. The van der Waals surface area contributed by atoms with Gasteiger partial charge >= 0.3 is 0 Å². The highest BCUT2D eigenvalue weighted by molar-refractivity contribution is 7.89. The van der Waals surface area contributed by atoms with Crippen molar-refractivity contribution in [3.8, 4) is 0 Å². The minimum atomic E-state index is -3.58. The SMILES string of the molecule is Cc1ccc(S(=O)(=O)N2CCCCC2C)cc1C(=O)N(C)C1CCCCC1C. The Morgan fingerprint density at radius 2 is 1.75 bits per heavy atom. The fourth-order valence-electron chi connectivity index (χ4n) is 4.77. The third-order valence-electron chi connectivity index (χ3n) is 6.67. The van der Waals surface area contributed by atoms with Crippen molar-refractivity contribution in [2.75, 3.05) is 13.6 Å². The minimum Gasteiger partial charge on any atom is -0.338 e. The Kier molecular flexibility index (Phi) is 6.50. The van der Waals surface area contributed by atoms with Crippen LogP contribution in [0, 0.1) is 12.8 Å². The van der Waals surface area contributed by atoms with E-state index in [1.165, 1.54) is 6.42 Å². The summed E-state index contributed by atoms with van der Waals surface area (Å²) in [5, 5.41) is 0. The monoisotopic (exact) mass is 406 g/mol. The van der Waals surface area contributed by atoms with E-state index in [1.54, 1.807) is 22.5 Å². The maximum Gasteiger partial charge on any atom is 0.254 e. The third kappa shape index (κ3) is 4.13. The molecule has 1 aliphatic heterocycles. The van der Waals surface area contributed by atoms with Crippen molar-refractivity contribution in [3.63, 3.8) is 0 Å². The molecule has 1 aromatic carbocycles. The molecule has 5 nitrogen and oxygen atoms in total. The summed E-state index contributed by atoms with van der Waals surface area (Å²) < 4.78 is 28.0. The number of benzene rings is 1. The van der Waals surface area contributed by atoms with Gasteiger partial charge in [-0.05, 0) is 63.1 Å². The molecule has 1 saturated heterocycles.